The molecule has 2 unspecified atom stereocenters. The number of ether oxygens (including phenoxy) is 2. The number of nitrogens with one attached hydrogen (secondary N) is 2. The average molecular weight is 624 g/mol. The van der Waals surface area contributed by atoms with Gasteiger partial charge in [0.1, 0.15) is 28.6 Å². The first-order chi connectivity index (χ1) is 20.9. The number of H-pyrrole nitrogens is 1. The second-order valence-electron chi connectivity index (χ2n) is 11.1. The summed E-state index contributed by atoms with van der Waals surface area (Å²) in [7, 11) is 1.26. The Balaban J connectivity index is 0.000000361. The highest BCUT2D eigenvalue weighted by Crippen LogP contribution is 2.45. The first-order valence-corrected chi connectivity index (χ1v) is 14.3. The molecule has 10 nitrogen and oxygen atoms in total. The van der Waals surface area contributed by atoms with E-state index in [1.54, 1.807) is 13.8 Å². The lowest BCUT2D eigenvalue weighted by Gasteiger charge is -2.20. The Morgan fingerprint density at radius 3 is 2.66 bits per heavy atom. The van der Waals surface area contributed by atoms with Crippen LogP contribution in [-0.4, -0.2) is 86.8 Å². The molecule has 0 saturated carbocycles. The Hall–Kier alpha value is -3.85. The Bertz CT molecular complexity index is 1630. The van der Waals surface area contributed by atoms with E-state index in [1.165, 1.54) is 39.1 Å². The zero-order valence-corrected chi connectivity index (χ0v) is 24.7. The third-order valence-corrected chi connectivity index (χ3v) is 7.59. The number of benzene rings is 1. The smallest absolute Gasteiger partial charge is 0.417 e. The number of aromatic amines is 1. The number of aryl methyl sites for hydroxylation is 1. The van der Waals surface area contributed by atoms with Crippen molar-refractivity contribution in [1.82, 2.24) is 30.0 Å². The van der Waals surface area contributed by atoms with Gasteiger partial charge in [0.25, 0.3) is 0 Å². The number of anilines is 1. The summed E-state index contributed by atoms with van der Waals surface area (Å²) in [6.45, 7) is 6.28. The van der Waals surface area contributed by atoms with E-state index in [4.69, 9.17) is 9.47 Å². The molecule has 0 bridgehead atoms. The van der Waals surface area contributed by atoms with Crippen LogP contribution in [0.1, 0.15) is 44.2 Å². The molecule has 238 valence electrons. The second-order valence-corrected chi connectivity index (χ2v) is 11.1. The van der Waals surface area contributed by atoms with Gasteiger partial charge in [-0.3, -0.25) is 10.00 Å². The summed E-state index contributed by atoms with van der Waals surface area (Å²) in [5.41, 5.74) is -2.36. The Morgan fingerprint density at radius 2 is 2.00 bits per heavy atom. The van der Waals surface area contributed by atoms with Gasteiger partial charge in [-0.05, 0) is 58.2 Å². The van der Waals surface area contributed by atoms with Crippen molar-refractivity contribution in [2.45, 2.75) is 64.5 Å². The molecule has 6 rings (SSSR count). The number of hydrogen-bond acceptors (Lipinski definition) is 9. The zero-order chi connectivity index (χ0) is 31.8. The molecule has 2 saturated heterocycles. The predicted octanol–water partition coefficient (Wildman–Crippen LogP) is 5.43. The molecule has 44 heavy (non-hydrogen) atoms. The molecule has 0 spiro atoms. The molecule has 3 aromatic heterocycles. The van der Waals surface area contributed by atoms with Gasteiger partial charge in [0.2, 0.25) is 5.88 Å². The van der Waals surface area contributed by atoms with E-state index in [-0.39, 0.29) is 58.2 Å². The number of hydrogen-bond donors (Lipinski definition) is 3. The van der Waals surface area contributed by atoms with Crippen molar-refractivity contribution in [2.24, 2.45) is 0 Å². The van der Waals surface area contributed by atoms with Crippen LogP contribution < -0.4 is 14.8 Å². The fourth-order valence-electron chi connectivity index (χ4n) is 5.85. The number of halogens is 5. The van der Waals surface area contributed by atoms with Gasteiger partial charge in [-0.1, -0.05) is 0 Å². The van der Waals surface area contributed by atoms with Crippen LogP contribution in [-0.2, 0) is 6.18 Å². The quantitative estimate of drug-likeness (QED) is 0.232. The number of rotatable bonds is 7. The maximum Gasteiger partial charge on any atom is 0.417 e. The summed E-state index contributed by atoms with van der Waals surface area (Å²) >= 11 is 0. The highest BCUT2D eigenvalue weighted by Gasteiger charge is 2.39. The van der Waals surface area contributed by atoms with E-state index < -0.39 is 41.1 Å². The molecule has 0 aliphatic carbocycles. The number of methoxy groups -OCH3 is 1. The van der Waals surface area contributed by atoms with Crippen molar-refractivity contribution >= 4 is 27.6 Å². The molecular formula is C29H34F5N7O3. The molecule has 5 heterocycles. The predicted molar refractivity (Wildman–Crippen MR) is 154 cm³/mol. The highest BCUT2D eigenvalue weighted by molar-refractivity contribution is 6.01. The van der Waals surface area contributed by atoms with E-state index in [1.807, 2.05) is 0 Å². The molecule has 2 atom stereocenters. The number of alkyl halides is 4. The minimum absolute atomic E-state index is 0.00107. The number of pyridine rings is 1. The fourth-order valence-corrected chi connectivity index (χ4v) is 5.85. The first kappa shape index (κ1) is 31.6. The van der Waals surface area contributed by atoms with E-state index in [0.717, 1.165) is 13.0 Å². The van der Waals surface area contributed by atoms with Gasteiger partial charge in [-0.15, -0.1) is 0 Å². The summed E-state index contributed by atoms with van der Waals surface area (Å²) < 4.78 is 82.2. The van der Waals surface area contributed by atoms with Crippen molar-refractivity contribution in [3.63, 3.8) is 0 Å². The largest absolute Gasteiger partial charge is 0.474 e. The van der Waals surface area contributed by atoms with Gasteiger partial charge in [0.05, 0.1) is 37.1 Å². The molecule has 2 aliphatic rings. The van der Waals surface area contributed by atoms with E-state index in [2.05, 4.69) is 35.4 Å². The zero-order valence-electron chi connectivity index (χ0n) is 24.7. The number of fused-ring (bicyclic) bond motifs is 3. The van der Waals surface area contributed by atoms with Crippen molar-refractivity contribution in [3.8, 4) is 23.1 Å². The highest BCUT2D eigenvalue weighted by atomic mass is 19.4. The molecule has 0 radical (unpaired) electrons. The Labute approximate surface area is 250 Å². The van der Waals surface area contributed by atoms with Gasteiger partial charge in [-0.2, -0.15) is 28.2 Å². The Morgan fingerprint density at radius 1 is 1.23 bits per heavy atom. The minimum atomic E-state index is -4.82. The van der Waals surface area contributed by atoms with Crippen molar-refractivity contribution in [2.75, 3.05) is 38.7 Å². The lowest BCUT2D eigenvalue weighted by Crippen LogP contribution is -2.22. The molecule has 15 heteroatoms. The molecule has 3 N–H and O–H groups in total. The molecular weight excluding hydrogens is 589 g/mol. The molecule has 4 aromatic rings. The average Bonchev–Trinajstić information content (AvgIpc) is 3.68. The van der Waals surface area contributed by atoms with Crippen LogP contribution >= 0.6 is 0 Å². The number of nitrogens with zero attached hydrogens (tertiary/aromatic N) is 5. The molecule has 1 aromatic carbocycles. The third kappa shape index (κ3) is 6.20. The van der Waals surface area contributed by atoms with Crippen molar-refractivity contribution in [3.05, 3.63) is 29.2 Å². The topological polar surface area (TPSA) is 121 Å². The monoisotopic (exact) mass is 623 g/mol. The van der Waals surface area contributed by atoms with Gasteiger partial charge in [0, 0.05) is 30.1 Å². The number of aromatic nitrogens is 5. The standard InChI is InChI=1S/C22H22F4N6O3.C7H12FN/c1-9(2)35-20-14-18(30-21(34-4)31-19(14)27-5-6-33)16(23)17(29-20)13-11-8-28-32-12(11)7-10(3)15(13)22(24,25)26;8-6-4-7-2-1-3-9(7)5-6/h7-9,33H,5-6H2,1-4H3,(H,28,32)(H,27,30,31);6-7H,1-5H2. The van der Waals surface area contributed by atoms with Gasteiger partial charge < -0.3 is 19.9 Å². The third-order valence-electron chi connectivity index (χ3n) is 7.59. The Kier molecular flexibility index (Phi) is 9.07. The van der Waals surface area contributed by atoms with Crippen LogP contribution in [0.25, 0.3) is 33.1 Å². The SMILES string of the molecule is COc1nc(NCCO)c2c(OC(C)C)nc(-c3c(C(F)(F)F)c(C)cc4[nH]ncc34)c(F)c2n1.FC1CC2CCCN2C1. The summed E-state index contributed by atoms with van der Waals surface area (Å²) in [6.07, 6.45) is -1.29. The van der Waals surface area contributed by atoms with Gasteiger partial charge in [-0.25, -0.2) is 13.8 Å². The van der Waals surface area contributed by atoms with Gasteiger partial charge in [0.15, 0.2) is 5.82 Å². The van der Waals surface area contributed by atoms with Crippen LogP contribution in [0.15, 0.2) is 12.3 Å². The lowest BCUT2D eigenvalue weighted by molar-refractivity contribution is -0.137. The van der Waals surface area contributed by atoms with Crippen molar-refractivity contribution < 1.29 is 36.5 Å². The summed E-state index contributed by atoms with van der Waals surface area (Å²) in [5.74, 6) is -1.26. The van der Waals surface area contributed by atoms with Gasteiger partial charge >= 0.3 is 12.2 Å². The van der Waals surface area contributed by atoms with Crippen molar-refractivity contribution in [1.29, 1.82) is 0 Å². The normalized spacial score (nSPS) is 18.5. The number of aliphatic hydroxyl groups is 1. The van der Waals surface area contributed by atoms with E-state index in [9.17, 15) is 22.7 Å². The summed E-state index contributed by atoms with van der Waals surface area (Å²) in [4.78, 5) is 14.7. The lowest BCUT2D eigenvalue weighted by atomic mass is 9.94. The number of aliphatic hydroxyl groups excluding tert-OH is 1. The molecule has 2 aliphatic heterocycles. The minimum Gasteiger partial charge on any atom is -0.474 e. The maximum absolute atomic E-state index is 16.1. The van der Waals surface area contributed by atoms with Crippen LogP contribution in [0.3, 0.4) is 0 Å². The maximum atomic E-state index is 16.1. The van der Waals surface area contributed by atoms with Crippen LogP contribution in [0.2, 0.25) is 0 Å². The summed E-state index contributed by atoms with van der Waals surface area (Å²) in [5, 5.41) is 18.5. The fraction of sp³-hybridized carbons (Fsp3) is 0.517. The van der Waals surface area contributed by atoms with E-state index >= 15 is 4.39 Å². The van der Waals surface area contributed by atoms with Crippen LogP contribution in [0.5, 0.6) is 11.9 Å². The summed E-state index contributed by atoms with van der Waals surface area (Å²) in [6, 6.07) is 1.67. The first-order valence-electron chi connectivity index (χ1n) is 14.3. The van der Waals surface area contributed by atoms with Crippen LogP contribution in [0, 0.1) is 12.7 Å². The molecule has 2 fully saturated rings. The molecule has 0 amide bonds. The second kappa shape index (κ2) is 12.6. The van der Waals surface area contributed by atoms with E-state index in [0.29, 0.717) is 12.6 Å². The van der Waals surface area contributed by atoms with Crippen LogP contribution in [0.4, 0.5) is 27.8 Å².